The molecule has 0 N–H and O–H groups in total. The summed E-state index contributed by atoms with van der Waals surface area (Å²) in [6.07, 6.45) is -4.56. The Morgan fingerprint density at radius 3 is 2.43 bits per heavy atom. The molecule has 118 valence electrons. The molecule has 3 rings (SSSR count). The summed E-state index contributed by atoms with van der Waals surface area (Å²) in [6.45, 7) is 0.295. The van der Waals surface area contributed by atoms with Gasteiger partial charge in [0.2, 0.25) is 5.76 Å². The van der Waals surface area contributed by atoms with Gasteiger partial charge in [0, 0.05) is 15.9 Å². The van der Waals surface area contributed by atoms with E-state index in [1.165, 1.54) is 6.07 Å². The molecule has 0 unspecified atom stereocenters. The monoisotopic (exact) mass is 381 g/mol. The van der Waals surface area contributed by atoms with Crippen molar-refractivity contribution in [2.24, 2.45) is 4.99 Å². The molecule has 0 amide bonds. The molecule has 1 heterocycles. The number of fused-ring (bicyclic) bond motifs is 1. The van der Waals surface area contributed by atoms with Gasteiger partial charge in [0.25, 0.3) is 0 Å². The quantitative estimate of drug-likeness (QED) is 0.590. The maximum atomic E-state index is 13.0. The van der Waals surface area contributed by atoms with Crippen LogP contribution < -0.4 is 5.36 Å². The first kappa shape index (κ1) is 15.8. The summed E-state index contributed by atoms with van der Waals surface area (Å²) in [6, 6.07) is 15.1. The van der Waals surface area contributed by atoms with Crippen molar-refractivity contribution in [3.8, 4) is 0 Å². The zero-order valence-electron chi connectivity index (χ0n) is 11.8. The summed E-state index contributed by atoms with van der Waals surface area (Å²) in [4.78, 5) is 4.34. The Morgan fingerprint density at radius 2 is 1.74 bits per heavy atom. The van der Waals surface area contributed by atoms with Crippen LogP contribution in [0.2, 0.25) is 0 Å². The van der Waals surface area contributed by atoms with Crippen LogP contribution in [-0.4, -0.2) is 0 Å². The third kappa shape index (κ3) is 3.64. The van der Waals surface area contributed by atoms with Crippen LogP contribution in [0.5, 0.6) is 0 Å². The summed E-state index contributed by atoms with van der Waals surface area (Å²) in [7, 11) is 0. The molecule has 2 nitrogen and oxygen atoms in total. The fourth-order valence-corrected chi connectivity index (χ4v) is 2.53. The molecule has 1 aromatic heterocycles. The van der Waals surface area contributed by atoms with Crippen LogP contribution in [0.1, 0.15) is 11.3 Å². The number of rotatable bonds is 2. The van der Waals surface area contributed by atoms with Gasteiger partial charge in [0.1, 0.15) is 5.58 Å². The van der Waals surface area contributed by atoms with Crippen molar-refractivity contribution in [3.63, 3.8) is 0 Å². The van der Waals surface area contributed by atoms with Crippen molar-refractivity contribution < 1.29 is 17.6 Å². The number of halogens is 4. The van der Waals surface area contributed by atoms with E-state index in [0.29, 0.717) is 11.9 Å². The third-order valence-electron chi connectivity index (χ3n) is 3.26. The lowest BCUT2D eigenvalue weighted by molar-refractivity contribution is -0.152. The van der Waals surface area contributed by atoms with Gasteiger partial charge >= 0.3 is 6.18 Å². The molecular formula is C17H11BrF3NO. The smallest absolute Gasteiger partial charge is 0.449 e. The molecule has 6 heteroatoms. The standard InChI is InChI=1S/C17H11BrF3NO/c18-12-6-7-15-13(8-12)14(9-16(23-15)17(19,20)21)22-10-11-4-2-1-3-5-11/h1-9H,10H2/b22-14-. The highest BCUT2D eigenvalue weighted by Crippen LogP contribution is 2.30. The van der Waals surface area contributed by atoms with E-state index in [9.17, 15) is 13.2 Å². The first-order chi connectivity index (χ1) is 10.9. The summed E-state index contributed by atoms with van der Waals surface area (Å²) in [5.74, 6) is -1.06. The fraction of sp³-hybridized carbons (Fsp3) is 0.118. The predicted octanol–water partition coefficient (Wildman–Crippen LogP) is 5.32. The molecule has 0 saturated carbocycles. The Morgan fingerprint density at radius 1 is 1.00 bits per heavy atom. The average molecular weight is 382 g/mol. The molecule has 2 aromatic carbocycles. The number of nitrogens with zero attached hydrogens (tertiary/aromatic N) is 1. The predicted molar refractivity (Wildman–Crippen MR) is 84.6 cm³/mol. The largest absolute Gasteiger partial charge is 0.451 e. The van der Waals surface area contributed by atoms with Gasteiger partial charge in [0.05, 0.1) is 11.9 Å². The maximum Gasteiger partial charge on any atom is 0.449 e. The van der Waals surface area contributed by atoms with Crippen LogP contribution in [0, 0.1) is 0 Å². The van der Waals surface area contributed by atoms with Gasteiger partial charge in [-0.3, -0.25) is 4.99 Å². The van der Waals surface area contributed by atoms with Crippen molar-refractivity contribution in [2.75, 3.05) is 0 Å². The molecule has 0 aliphatic carbocycles. The van der Waals surface area contributed by atoms with E-state index >= 15 is 0 Å². The van der Waals surface area contributed by atoms with Gasteiger partial charge in [0.15, 0.2) is 0 Å². The zero-order chi connectivity index (χ0) is 16.4. The SMILES string of the molecule is FC(F)(F)c1c/c(=N/Cc2ccccc2)c2cc(Br)ccc2o1. The van der Waals surface area contributed by atoms with E-state index in [2.05, 4.69) is 20.9 Å². The van der Waals surface area contributed by atoms with Gasteiger partial charge in [-0.2, -0.15) is 13.2 Å². The lowest BCUT2D eigenvalue weighted by atomic mass is 10.2. The Kier molecular flexibility index (Phi) is 4.26. The first-order valence-electron chi connectivity index (χ1n) is 6.78. The second-order valence-corrected chi connectivity index (χ2v) is 5.85. The Labute approximate surface area is 138 Å². The van der Waals surface area contributed by atoms with E-state index in [4.69, 9.17) is 4.42 Å². The summed E-state index contributed by atoms with van der Waals surface area (Å²) >= 11 is 3.32. The fourth-order valence-electron chi connectivity index (χ4n) is 2.17. The van der Waals surface area contributed by atoms with Gasteiger partial charge in [-0.25, -0.2) is 0 Å². The van der Waals surface area contributed by atoms with Crippen LogP contribution >= 0.6 is 15.9 Å². The van der Waals surface area contributed by atoms with Crippen LogP contribution in [0.15, 0.2) is 68.5 Å². The molecule has 0 spiro atoms. The number of hydrogen-bond acceptors (Lipinski definition) is 2. The topological polar surface area (TPSA) is 25.5 Å². The molecule has 0 radical (unpaired) electrons. The van der Waals surface area contributed by atoms with E-state index in [1.54, 1.807) is 12.1 Å². The van der Waals surface area contributed by atoms with Crippen LogP contribution in [-0.2, 0) is 12.7 Å². The molecule has 0 fully saturated rings. The van der Waals surface area contributed by atoms with Gasteiger partial charge in [-0.05, 0) is 23.8 Å². The Hall–Kier alpha value is -2.08. The van der Waals surface area contributed by atoms with Gasteiger partial charge < -0.3 is 4.42 Å². The molecular weight excluding hydrogens is 371 g/mol. The number of alkyl halides is 3. The Bertz CT molecular complexity index is 901. The molecule has 23 heavy (non-hydrogen) atoms. The zero-order valence-corrected chi connectivity index (χ0v) is 13.4. The van der Waals surface area contributed by atoms with Crippen LogP contribution in [0.25, 0.3) is 11.0 Å². The van der Waals surface area contributed by atoms with E-state index in [0.717, 1.165) is 16.1 Å². The molecule has 0 atom stereocenters. The molecule has 0 aliphatic rings. The average Bonchev–Trinajstić information content (AvgIpc) is 2.52. The minimum atomic E-state index is -4.56. The molecule has 0 aliphatic heterocycles. The van der Waals surface area contributed by atoms with Crippen molar-refractivity contribution in [2.45, 2.75) is 12.7 Å². The van der Waals surface area contributed by atoms with Crippen molar-refractivity contribution in [3.05, 3.63) is 75.8 Å². The van der Waals surface area contributed by atoms with Crippen molar-refractivity contribution >= 4 is 26.9 Å². The highest BCUT2D eigenvalue weighted by Gasteiger charge is 2.34. The van der Waals surface area contributed by atoms with E-state index in [-0.39, 0.29) is 10.9 Å². The highest BCUT2D eigenvalue weighted by molar-refractivity contribution is 9.10. The lowest BCUT2D eigenvalue weighted by Crippen LogP contribution is -2.12. The lowest BCUT2D eigenvalue weighted by Gasteiger charge is -2.08. The van der Waals surface area contributed by atoms with Crippen LogP contribution in [0.3, 0.4) is 0 Å². The second-order valence-electron chi connectivity index (χ2n) is 4.94. The van der Waals surface area contributed by atoms with Crippen LogP contribution in [0.4, 0.5) is 13.2 Å². The summed E-state index contributed by atoms with van der Waals surface area (Å²) < 4.78 is 44.7. The first-order valence-corrected chi connectivity index (χ1v) is 7.58. The molecule has 3 aromatic rings. The molecule has 0 bridgehead atoms. The van der Waals surface area contributed by atoms with Crippen molar-refractivity contribution in [1.82, 2.24) is 0 Å². The van der Waals surface area contributed by atoms with Crippen molar-refractivity contribution in [1.29, 1.82) is 0 Å². The third-order valence-corrected chi connectivity index (χ3v) is 3.75. The molecule has 0 saturated heterocycles. The normalized spacial score (nSPS) is 12.8. The minimum absolute atomic E-state index is 0.148. The highest BCUT2D eigenvalue weighted by atomic mass is 79.9. The number of hydrogen-bond donors (Lipinski definition) is 0. The van der Waals surface area contributed by atoms with Gasteiger partial charge in [-0.1, -0.05) is 46.3 Å². The van der Waals surface area contributed by atoms with Gasteiger partial charge in [-0.15, -0.1) is 0 Å². The summed E-state index contributed by atoms with van der Waals surface area (Å²) in [5.41, 5.74) is 1.07. The van der Waals surface area contributed by atoms with E-state index < -0.39 is 11.9 Å². The Balaban J connectivity index is 2.18. The maximum absolute atomic E-state index is 13.0. The minimum Gasteiger partial charge on any atom is -0.451 e. The van der Waals surface area contributed by atoms with E-state index in [1.807, 2.05) is 30.3 Å². The summed E-state index contributed by atoms with van der Waals surface area (Å²) in [5, 5.41) is 0.784. The number of benzene rings is 2. The second kappa shape index (κ2) is 6.20.